The maximum absolute atomic E-state index is 12.3. The van der Waals surface area contributed by atoms with E-state index in [9.17, 15) is 4.79 Å². The van der Waals surface area contributed by atoms with Crippen molar-refractivity contribution in [2.45, 2.75) is 19.3 Å². The van der Waals surface area contributed by atoms with E-state index in [-0.39, 0.29) is 5.91 Å². The van der Waals surface area contributed by atoms with Crippen LogP contribution < -0.4 is 0 Å². The summed E-state index contributed by atoms with van der Waals surface area (Å²) >= 11 is 3.15. The van der Waals surface area contributed by atoms with Gasteiger partial charge < -0.3 is 4.90 Å². The summed E-state index contributed by atoms with van der Waals surface area (Å²) in [6.45, 7) is 1.79. The Bertz CT molecular complexity index is 527. The number of nitrogens with zero attached hydrogens (tertiary/aromatic N) is 2. The fourth-order valence-electron chi connectivity index (χ4n) is 2.15. The first-order chi connectivity index (χ1) is 8.84. The van der Waals surface area contributed by atoms with Crippen LogP contribution in [0.5, 0.6) is 0 Å². The van der Waals surface area contributed by atoms with E-state index < -0.39 is 0 Å². The zero-order valence-electron chi connectivity index (χ0n) is 9.96. The van der Waals surface area contributed by atoms with Gasteiger partial charge in [-0.15, -0.1) is 11.3 Å². The number of carbonyl (C=O) groups excluding carboxylic acids is 1. The molecule has 1 amide bonds. The first kappa shape index (κ1) is 11.9. The van der Waals surface area contributed by atoms with E-state index in [0.29, 0.717) is 0 Å². The van der Waals surface area contributed by atoms with Gasteiger partial charge in [0.15, 0.2) is 0 Å². The van der Waals surface area contributed by atoms with Gasteiger partial charge in [0.25, 0.3) is 5.91 Å². The molecule has 1 aliphatic heterocycles. The summed E-state index contributed by atoms with van der Waals surface area (Å²) in [5.74, 6) is 0.147. The molecule has 0 atom stereocenters. The molecule has 0 spiro atoms. The second kappa shape index (κ2) is 5.20. The van der Waals surface area contributed by atoms with Crippen molar-refractivity contribution in [3.63, 3.8) is 0 Å². The average Bonchev–Trinajstić information content (AvgIpc) is 3.09. The van der Waals surface area contributed by atoms with Crippen LogP contribution >= 0.6 is 22.7 Å². The summed E-state index contributed by atoms with van der Waals surface area (Å²) in [7, 11) is 0. The van der Waals surface area contributed by atoms with E-state index >= 15 is 0 Å². The standard InChI is InChI=1S/C13H14N2OS2/c16-13(15-5-2-1-3-6-15)11-8-14-12(18-11)10-4-7-17-9-10/h4,7-9H,1-3,5-6H2. The highest BCUT2D eigenvalue weighted by molar-refractivity contribution is 7.17. The third-order valence-corrected chi connectivity index (χ3v) is 4.85. The van der Waals surface area contributed by atoms with Crippen molar-refractivity contribution in [2.24, 2.45) is 0 Å². The average molecular weight is 278 g/mol. The predicted octanol–water partition coefficient (Wildman–Crippen LogP) is 3.50. The van der Waals surface area contributed by atoms with Crippen molar-refractivity contribution in [1.82, 2.24) is 9.88 Å². The minimum atomic E-state index is 0.147. The highest BCUT2D eigenvalue weighted by atomic mass is 32.1. The van der Waals surface area contributed by atoms with E-state index in [2.05, 4.69) is 10.4 Å². The molecule has 0 unspecified atom stereocenters. The molecule has 1 aliphatic rings. The van der Waals surface area contributed by atoms with Gasteiger partial charge in [-0.2, -0.15) is 11.3 Å². The van der Waals surface area contributed by atoms with Crippen molar-refractivity contribution >= 4 is 28.6 Å². The van der Waals surface area contributed by atoms with Crippen LogP contribution in [-0.2, 0) is 0 Å². The van der Waals surface area contributed by atoms with Crippen LogP contribution in [0, 0.1) is 0 Å². The molecule has 5 heteroatoms. The third kappa shape index (κ3) is 2.33. The lowest BCUT2D eigenvalue weighted by molar-refractivity contribution is 0.0729. The van der Waals surface area contributed by atoms with Gasteiger partial charge in [-0.05, 0) is 30.7 Å². The van der Waals surface area contributed by atoms with Crippen LogP contribution in [0.2, 0.25) is 0 Å². The zero-order valence-corrected chi connectivity index (χ0v) is 11.6. The molecule has 0 bridgehead atoms. The maximum Gasteiger partial charge on any atom is 0.265 e. The summed E-state index contributed by atoms with van der Waals surface area (Å²) < 4.78 is 0. The molecule has 3 rings (SSSR count). The van der Waals surface area contributed by atoms with Gasteiger partial charge in [0.05, 0.1) is 6.20 Å². The molecule has 0 aliphatic carbocycles. The molecule has 0 saturated carbocycles. The Morgan fingerprint density at radius 3 is 2.83 bits per heavy atom. The monoisotopic (exact) mass is 278 g/mol. The van der Waals surface area contributed by atoms with Crippen LogP contribution in [0.4, 0.5) is 0 Å². The Morgan fingerprint density at radius 1 is 1.28 bits per heavy atom. The summed E-state index contributed by atoms with van der Waals surface area (Å²) in [4.78, 5) is 19.3. The molecule has 0 aromatic carbocycles. The summed E-state index contributed by atoms with van der Waals surface area (Å²) in [5.41, 5.74) is 1.11. The highest BCUT2D eigenvalue weighted by Crippen LogP contribution is 2.28. The van der Waals surface area contributed by atoms with Crippen LogP contribution in [0.15, 0.2) is 23.0 Å². The van der Waals surface area contributed by atoms with Crippen molar-refractivity contribution in [1.29, 1.82) is 0 Å². The van der Waals surface area contributed by atoms with Crippen molar-refractivity contribution in [2.75, 3.05) is 13.1 Å². The summed E-state index contributed by atoms with van der Waals surface area (Å²) in [6.07, 6.45) is 5.21. The molecule has 2 aromatic heterocycles. The fraction of sp³-hybridized carbons (Fsp3) is 0.385. The van der Waals surface area contributed by atoms with Crippen LogP contribution in [0.25, 0.3) is 10.6 Å². The van der Waals surface area contributed by atoms with E-state index in [1.165, 1.54) is 17.8 Å². The van der Waals surface area contributed by atoms with E-state index in [1.54, 1.807) is 17.5 Å². The number of carbonyl (C=O) groups is 1. The molecule has 94 valence electrons. The Morgan fingerprint density at radius 2 is 2.11 bits per heavy atom. The minimum absolute atomic E-state index is 0.147. The summed E-state index contributed by atoms with van der Waals surface area (Å²) in [5, 5.41) is 5.04. The Kier molecular flexibility index (Phi) is 3.43. The molecular weight excluding hydrogens is 264 g/mol. The molecule has 1 saturated heterocycles. The number of rotatable bonds is 2. The second-order valence-corrected chi connectivity index (χ2v) is 6.21. The number of thiophene rings is 1. The molecule has 1 fully saturated rings. The first-order valence-electron chi connectivity index (χ1n) is 6.12. The lowest BCUT2D eigenvalue weighted by Gasteiger charge is -2.25. The molecule has 3 nitrogen and oxygen atoms in total. The number of amides is 1. The molecule has 2 aromatic rings. The Hall–Kier alpha value is -1.20. The quantitative estimate of drug-likeness (QED) is 0.842. The van der Waals surface area contributed by atoms with Gasteiger partial charge >= 0.3 is 0 Å². The van der Waals surface area contributed by atoms with Crippen LogP contribution in [0.1, 0.15) is 28.9 Å². The number of hydrogen-bond donors (Lipinski definition) is 0. The van der Waals surface area contributed by atoms with E-state index in [4.69, 9.17) is 0 Å². The number of hydrogen-bond acceptors (Lipinski definition) is 4. The van der Waals surface area contributed by atoms with Crippen LogP contribution in [-0.4, -0.2) is 28.9 Å². The Labute approximate surface area is 114 Å². The van der Waals surface area contributed by atoms with Gasteiger partial charge in [0.2, 0.25) is 0 Å². The third-order valence-electron chi connectivity index (χ3n) is 3.13. The normalized spacial score (nSPS) is 15.9. The molecule has 0 N–H and O–H groups in total. The second-order valence-electron chi connectivity index (χ2n) is 4.39. The summed E-state index contributed by atoms with van der Waals surface area (Å²) in [6, 6.07) is 2.04. The Balaban J connectivity index is 1.78. The van der Waals surface area contributed by atoms with Crippen molar-refractivity contribution in [3.8, 4) is 10.6 Å². The highest BCUT2D eigenvalue weighted by Gasteiger charge is 2.20. The molecule has 18 heavy (non-hydrogen) atoms. The zero-order chi connectivity index (χ0) is 12.4. The van der Waals surface area contributed by atoms with Gasteiger partial charge in [-0.1, -0.05) is 0 Å². The first-order valence-corrected chi connectivity index (χ1v) is 7.88. The van der Waals surface area contributed by atoms with E-state index in [0.717, 1.165) is 41.4 Å². The van der Waals surface area contributed by atoms with Crippen molar-refractivity contribution in [3.05, 3.63) is 27.9 Å². The van der Waals surface area contributed by atoms with E-state index in [1.807, 2.05) is 16.3 Å². The smallest absolute Gasteiger partial charge is 0.265 e. The van der Waals surface area contributed by atoms with Gasteiger partial charge in [0.1, 0.15) is 9.88 Å². The number of thiazole rings is 1. The fourth-order valence-corrected chi connectivity index (χ4v) is 3.74. The van der Waals surface area contributed by atoms with Crippen molar-refractivity contribution < 1.29 is 4.79 Å². The minimum Gasteiger partial charge on any atom is -0.338 e. The maximum atomic E-state index is 12.3. The lowest BCUT2D eigenvalue weighted by atomic mass is 10.1. The van der Waals surface area contributed by atoms with Gasteiger partial charge in [-0.3, -0.25) is 4.79 Å². The predicted molar refractivity (Wildman–Crippen MR) is 75.2 cm³/mol. The van der Waals surface area contributed by atoms with Gasteiger partial charge in [-0.25, -0.2) is 4.98 Å². The number of piperidine rings is 1. The van der Waals surface area contributed by atoms with Crippen LogP contribution in [0.3, 0.4) is 0 Å². The largest absolute Gasteiger partial charge is 0.338 e. The SMILES string of the molecule is O=C(c1cnc(-c2ccsc2)s1)N1CCCCC1. The lowest BCUT2D eigenvalue weighted by Crippen LogP contribution is -2.35. The molecule has 0 radical (unpaired) electrons. The number of aromatic nitrogens is 1. The van der Waals surface area contributed by atoms with Gasteiger partial charge in [0, 0.05) is 24.0 Å². The topological polar surface area (TPSA) is 33.2 Å². The molecule has 3 heterocycles. The molecular formula is C13H14N2OS2. The number of likely N-dealkylation sites (tertiary alicyclic amines) is 1.